The van der Waals surface area contributed by atoms with E-state index >= 15 is 0 Å². The number of nitrogens with zero attached hydrogens (tertiary/aromatic N) is 5. The Morgan fingerprint density at radius 2 is 1.93 bits per heavy atom. The number of benzene rings is 1. The zero-order valence-electron chi connectivity index (χ0n) is 20.4. The summed E-state index contributed by atoms with van der Waals surface area (Å²) in [7, 11) is 0. The van der Waals surface area contributed by atoms with Crippen molar-refractivity contribution < 1.29 is 27.5 Å². The van der Waals surface area contributed by atoms with E-state index in [2.05, 4.69) is 25.4 Å². The first-order chi connectivity index (χ1) is 19.1. The van der Waals surface area contributed by atoms with Gasteiger partial charge in [0.1, 0.15) is 22.7 Å². The van der Waals surface area contributed by atoms with E-state index in [0.29, 0.717) is 39.6 Å². The van der Waals surface area contributed by atoms with Gasteiger partial charge in [0, 0.05) is 42.3 Å². The van der Waals surface area contributed by atoms with E-state index in [1.54, 1.807) is 0 Å². The maximum atomic E-state index is 14.7. The number of carbonyl (C=O) groups is 1. The summed E-state index contributed by atoms with van der Waals surface area (Å²) in [6.07, 6.45) is 0.0922. The highest BCUT2D eigenvalue weighted by atomic mass is 19.4. The zero-order chi connectivity index (χ0) is 28.3. The van der Waals surface area contributed by atoms with Crippen molar-refractivity contribution >= 4 is 39.2 Å². The van der Waals surface area contributed by atoms with Crippen molar-refractivity contribution in [3.8, 4) is 16.8 Å². The average Bonchev–Trinajstić information content (AvgIpc) is 3.54. The quantitative estimate of drug-likeness (QED) is 0.261. The normalized spacial score (nSPS) is 12.0. The van der Waals surface area contributed by atoms with Gasteiger partial charge >= 0.3 is 12.1 Å². The number of alkyl halides is 3. The molecule has 202 valence electrons. The summed E-state index contributed by atoms with van der Waals surface area (Å²) in [4.78, 5) is 35.6. The highest BCUT2D eigenvalue weighted by molar-refractivity contribution is 6.15. The molecule has 6 aromatic rings. The minimum Gasteiger partial charge on any atom is -0.477 e. The molecule has 1 aromatic carbocycles. The van der Waals surface area contributed by atoms with E-state index in [-0.39, 0.29) is 17.0 Å². The molecule has 0 aliphatic carbocycles. The van der Waals surface area contributed by atoms with Crippen molar-refractivity contribution in [2.24, 2.45) is 0 Å². The van der Waals surface area contributed by atoms with E-state index in [9.17, 15) is 32.3 Å². The number of hydrogen-bond donors (Lipinski definition) is 3. The van der Waals surface area contributed by atoms with Crippen molar-refractivity contribution in [2.45, 2.75) is 13.1 Å². The predicted molar refractivity (Wildman–Crippen MR) is 137 cm³/mol. The number of rotatable bonds is 5. The molecule has 0 fully saturated rings. The second-order valence-electron chi connectivity index (χ2n) is 8.84. The van der Waals surface area contributed by atoms with Gasteiger partial charge in [0.2, 0.25) is 0 Å². The van der Waals surface area contributed by atoms with Crippen LogP contribution in [0.3, 0.4) is 0 Å². The van der Waals surface area contributed by atoms with Crippen molar-refractivity contribution in [3.05, 3.63) is 82.5 Å². The first kappa shape index (κ1) is 25.0. The number of hydrogen-bond acceptors (Lipinski definition) is 6. The number of carboxylic acids is 1. The molecule has 5 heterocycles. The van der Waals surface area contributed by atoms with Crippen LogP contribution in [0.5, 0.6) is 0 Å². The van der Waals surface area contributed by atoms with Crippen molar-refractivity contribution in [1.82, 2.24) is 29.1 Å². The first-order valence-electron chi connectivity index (χ1n) is 11.8. The zero-order valence-corrected chi connectivity index (χ0v) is 20.4. The van der Waals surface area contributed by atoms with Crippen LogP contribution >= 0.6 is 0 Å². The fourth-order valence-electron chi connectivity index (χ4n) is 4.68. The number of aromatic amines is 1. The minimum absolute atomic E-state index is 0.0920. The summed E-state index contributed by atoms with van der Waals surface area (Å²) in [5.74, 6) is -2.00. The Balaban J connectivity index is 1.69. The summed E-state index contributed by atoms with van der Waals surface area (Å²) in [5.41, 5.74) is -0.268. The highest BCUT2D eigenvalue weighted by Gasteiger charge is 2.34. The second-order valence-corrected chi connectivity index (χ2v) is 8.84. The van der Waals surface area contributed by atoms with Crippen LogP contribution in [0.15, 0.2) is 59.9 Å². The molecule has 0 saturated carbocycles. The number of aromatic nitrogens is 6. The number of halogens is 4. The average molecular weight is 551 g/mol. The van der Waals surface area contributed by atoms with Gasteiger partial charge in [0.05, 0.1) is 22.3 Å². The molecule has 10 nitrogen and oxygen atoms in total. The monoisotopic (exact) mass is 551 g/mol. The molecule has 0 aliphatic heterocycles. The van der Waals surface area contributed by atoms with Crippen molar-refractivity contribution in [2.75, 3.05) is 11.9 Å². The summed E-state index contributed by atoms with van der Waals surface area (Å²) >= 11 is 0. The van der Waals surface area contributed by atoms with E-state index in [4.69, 9.17) is 0 Å². The Bertz CT molecular complexity index is 2040. The Hall–Kier alpha value is -5.27. The molecule has 40 heavy (non-hydrogen) atoms. The van der Waals surface area contributed by atoms with Gasteiger partial charge in [-0.2, -0.15) is 18.3 Å². The maximum absolute atomic E-state index is 14.7. The van der Waals surface area contributed by atoms with Crippen LogP contribution in [0.25, 0.3) is 44.4 Å². The van der Waals surface area contributed by atoms with Gasteiger partial charge in [-0.05, 0) is 42.8 Å². The minimum atomic E-state index is -4.71. The van der Waals surface area contributed by atoms with Gasteiger partial charge in [0.15, 0.2) is 5.69 Å². The summed E-state index contributed by atoms with van der Waals surface area (Å²) in [6.45, 7) is 2.32. The molecule has 0 bridgehead atoms. The summed E-state index contributed by atoms with van der Waals surface area (Å²) < 4.78 is 57.3. The molecular weight excluding hydrogens is 534 g/mol. The Morgan fingerprint density at radius 1 is 1.12 bits per heavy atom. The third-order valence-corrected chi connectivity index (χ3v) is 6.39. The molecule has 0 radical (unpaired) electrons. The van der Waals surface area contributed by atoms with Gasteiger partial charge in [-0.15, -0.1) is 0 Å². The van der Waals surface area contributed by atoms with Crippen LogP contribution in [0.2, 0.25) is 0 Å². The van der Waals surface area contributed by atoms with Crippen LogP contribution in [0.4, 0.5) is 23.2 Å². The first-order valence-corrected chi connectivity index (χ1v) is 11.8. The molecule has 5 aromatic heterocycles. The number of carboxylic acid groups (broad SMARTS) is 1. The Labute approximate surface area is 220 Å². The number of pyridine rings is 2. The van der Waals surface area contributed by atoms with E-state index in [1.165, 1.54) is 36.7 Å². The SMILES string of the molecule is CCNc1cc(F)cc2c1[nH]c1ncc(-c3ccn4c(=O)c(C(=O)O)cnc4c3)c(-n3ccc(C(F)(F)F)n3)c12. The van der Waals surface area contributed by atoms with Gasteiger partial charge in [-0.1, -0.05) is 0 Å². The number of anilines is 1. The van der Waals surface area contributed by atoms with Gasteiger partial charge in [-0.3, -0.25) is 9.20 Å². The molecule has 3 N–H and O–H groups in total. The molecule has 0 atom stereocenters. The topological polar surface area (TPSA) is 130 Å². The van der Waals surface area contributed by atoms with Crippen LogP contribution in [-0.4, -0.2) is 46.8 Å². The van der Waals surface area contributed by atoms with Crippen LogP contribution in [0.1, 0.15) is 23.0 Å². The molecular formula is C26H17F4N7O3. The number of nitrogens with one attached hydrogen (secondary N) is 2. The molecule has 0 spiro atoms. The number of aromatic carboxylic acids is 1. The van der Waals surface area contributed by atoms with Crippen LogP contribution in [0, 0.1) is 5.82 Å². The predicted octanol–water partition coefficient (Wildman–Crippen LogP) is 4.86. The molecule has 14 heteroatoms. The standard InChI is InChI=1S/C26H17F4N7O3/c1-2-31-17-9-13(27)8-14-20-22(37-6-4-18(35-37)26(28,29)30)15(10-33-23(20)34-21(14)17)12-3-5-36-19(7-12)32-11-16(24(36)38)25(39)40/h3-11,31H,2H2,1H3,(H,33,34)(H,39,40). The fraction of sp³-hybridized carbons (Fsp3) is 0.115. The third-order valence-electron chi connectivity index (χ3n) is 6.39. The third kappa shape index (κ3) is 3.92. The Kier molecular flexibility index (Phi) is 5.57. The lowest BCUT2D eigenvalue weighted by molar-refractivity contribution is -0.141. The lowest BCUT2D eigenvalue weighted by Gasteiger charge is -2.13. The lowest BCUT2D eigenvalue weighted by Crippen LogP contribution is -2.22. The lowest BCUT2D eigenvalue weighted by atomic mass is 10.0. The molecule has 0 aliphatic rings. The second kappa shape index (κ2) is 8.90. The number of H-pyrrole nitrogens is 1. The molecule has 0 amide bonds. The number of fused-ring (bicyclic) bond motifs is 4. The smallest absolute Gasteiger partial charge is 0.435 e. The molecule has 6 rings (SSSR count). The van der Waals surface area contributed by atoms with E-state index < -0.39 is 34.8 Å². The van der Waals surface area contributed by atoms with E-state index in [0.717, 1.165) is 27.5 Å². The highest BCUT2D eigenvalue weighted by Crippen LogP contribution is 2.39. The summed E-state index contributed by atoms with van der Waals surface area (Å²) in [6, 6.07) is 6.32. The van der Waals surface area contributed by atoms with E-state index in [1.807, 2.05) is 6.92 Å². The maximum Gasteiger partial charge on any atom is 0.435 e. The molecule has 0 saturated heterocycles. The van der Waals surface area contributed by atoms with Gasteiger partial charge < -0.3 is 15.4 Å². The van der Waals surface area contributed by atoms with Gasteiger partial charge in [-0.25, -0.2) is 23.8 Å². The Morgan fingerprint density at radius 3 is 2.62 bits per heavy atom. The largest absolute Gasteiger partial charge is 0.477 e. The van der Waals surface area contributed by atoms with Crippen molar-refractivity contribution in [3.63, 3.8) is 0 Å². The van der Waals surface area contributed by atoms with Crippen molar-refractivity contribution in [1.29, 1.82) is 0 Å². The summed E-state index contributed by atoms with van der Waals surface area (Å²) in [5, 5.41) is 16.7. The fourth-order valence-corrected chi connectivity index (χ4v) is 4.68. The van der Waals surface area contributed by atoms with Crippen LogP contribution < -0.4 is 10.9 Å². The van der Waals surface area contributed by atoms with Crippen LogP contribution in [-0.2, 0) is 6.18 Å². The van der Waals surface area contributed by atoms with Gasteiger partial charge in [0.25, 0.3) is 5.56 Å². The molecule has 0 unspecified atom stereocenters.